The minimum atomic E-state index is -0.817. The van der Waals surface area contributed by atoms with Crippen LogP contribution in [0.5, 0.6) is 11.5 Å². The van der Waals surface area contributed by atoms with Crippen LogP contribution in [0.4, 0.5) is 0 Å². The van der Waals surface area contributed by atoms with Crippen LogP contribution >= 0.6 is 0 Å². The molecule has 0 spiro atoms. The van der Waals surface area contributed by atoms with Gasteiger partial charge in [0, 0.05) is 18.7 Å². The SMILES string of the molecule is CCN(CC)CCN1C(=O)C(=O)C(=C(O)c2ccc3c(c2)OCO3)C1c1ccc(C(=O)OC)cc1. The number of fused-ring (bicyclic) bond motifs is 1. The molecule has 1 saturated heterocycles. The van der Waals surface area contributed by atoms with Gasteiger partial charge in [0.05, 0.1) is 24.3 Å². The topological polar surface area (TPSA) is 106 Å². The number of ether oxygens (including phenoxy) is 3. The highest BCUT2D eigenvalue weighted by Gasteiger charge is 2.46. The van der Waals surface area contributed by atoms with Crippen LogP contribution in [0.2, 0.25) is 0 Å². The van der Waals surface area contributed by atoms with Gasteiger partial charge in [0.2, 0.25) is 6.79 Å². The van der Waals surface area contributed by atoms with Crippen LogP contribution in [0.1, 0.15) is 41.4 Å². The summed E-state index contributed by atoms with van der Waals surface area (Å²) in [4.78, 5) is 41.8. The molecule has 35 heavy (non-hydrogen) atoms. The summed E-state index contributed by atoms with van der Waals surface area (Å²) in [6.07, 6.45) is 0. The number of aliphatic hydroxyl groups is 1. The largest absolute Gasteiger partial charge is 0.507 e. The number of methoxy groups -OCH3 is 1. The maximum atomic E-state index is 13.2. The molecule has 184 valence electrons. The van der Waals surface area contributed by atoms with Crippen molar-refractivity contribution in [3.8, 4) is 11.5 Å². The maximum absolute atomic E-state index is 13.2. The van der Waals surface area contributed by atoms with E-state index in [1.807, 2.05) is 13.8 Å². The summed E-state index contributed by atoms with van der Waals surface area (Å²) >= 11 is 0. The van der Waals surface area contributed by atoms with Crippen LogP contribution in [0.25, 0.3) is 5.76 Å². The zero-order valence-electron chi connectivity index (χ0n) is 19.9. The van der Waals surface area contributed by atoms with Crippen LogP contribution in [-0.2, 0) is 14.3 Å². The molecule has 0 aromatic heterocycles. The van der Waals surface area contributed by atoms with Crippen molar-refractivity contribution in [2.75, 3.05) is 40.1 Å². The Labute approximate surface area is 203 Å². The van der Waals surface area contributed by atoms with Gasteiger partial charge in [-0.25, -0.2) is 4.79 Å². The van der Waals surface area contributed by atoms with Crippen molar-refractivity contribution in [1.82, 2.24) is 9.80 Å². The lowest BCUT2D eigenvalue weighted by Crippen LogP contribution is -2.38. The minimum Gasteiger partial charge on any atom is -0.507 e. The number of hydrogen-bond acceptors (Lipinski definition) is 8. The number of rotatable bonds is 8. The number of likely N-dealkylation sites (tertiary alicyclic amines) is 1. The summed E-state index contributed by atoms with van der Waals surface area (Å²) in [7, 11) is 1.30. The van der Waals surface area contributed by atoms with Crippen LogP contribution in [0, 0.1) is 0 Å². The Morgan fingerprint density at radius 2 is 1.71 bits per heavy atom. The number of amides is 1. The van der Waals surface area contributed by atoms with Crippen molar-refractivity contribution >= 4 is 23.4 Å². The molecule has 1 atom stereocenters. The molecule has 1 unspecified atom stereocenters. The second kappa shape index (κ2) is 10.2. The number of esters is 1. The lowest BCUT2D eigenvalue weighted by molar-refractivity contribution is -0.140. The number of aliphatic hydroxyl groups excluding tert-OH is 1. The molecule has 0 saturated carbocycles. The van der Waals surface area contributed by atoms with Gasteiger partial charge in [-0.3, -0.25) is 9.59 Å². The molecule has 2 heterocycles. The van der Waals surface area contributed by atoms with Crippen LogP contribution in [0.15, 0.2) is 48.0 Å². The fourth-order valence-electron chi connectivity index (χ4n) is 4.36. The normalized spacial score (nSPS) is 18.4. The third-order valence-corrected chi connectivity index (χ3v) is 6.39. The molecule has 0 radical (unpaired) electrons. The van der Waals surface area contributed by atoms with Crippen LogP contribution in [-0.4, -0.2) is 72.6 Å². The molecule has 9 heteroatoms. The van der Waals surface area contributed by atoms with Gasteiger partial charge in [0.1, 0.15) is 5.76 Å². The number of ketones is 1. The molecule has 0 aliphatic carbocycles. The van der Waals surface area contributed by atoms with Gasteiger partial charge in [-0.2, -0.15) is 0 Å². The van der Waals surface area contributed by atoms with E-state index in [0.29, 0.717) is 41.3 Å². The molecule has 2 aliphatic rings. The van der Waals surface area contributed by atoms with Crippen molar-refractivity contribution < 1.29 is 33.7 Å². The van der Waals surface area contributed by atoms with E-state index in [4.69, 9.17) is 14.2 Å². The second-order valence-electron chi connectivity index (χ2n) is 8.20. The second-order valence-corrected chi connectivity index (χ2v) is 8.20. The molecule has 9 nitrogen and oxygen atoms in total. The zero-order valence-corrected chi connectivity index (χ0v) is 19.9. The van der Waals surface area contributed by atoms with E-state index in [1.165, 1.54) is 12.0 Å². The Balaban J connectivity index is 1.78. The van der Waals surface area contributed by atoms with Gasteiger partial charge in [0.25, 0.3) is 11.7 Å². The third kappa shape index (κ3) is 4.59. The fourth-order valence-corrected chi connectivity index (χ4v) is 4.36. The standard InChI is InChI=1S/C26H28N2O7/c1-4-27(5-2)12-13-28-22(16-6-8-17(9-7-16)26(32)33-3)21(24(30)25(28)31)23(29)18-10-11-19-20(14-18)35-15-34-19/h6-11,14,22,29H,4-5,12-13,15H2,1-3H3. The first-order chi connectivity index (χ1) is 16.9. The lowest BCUT2D eigenvalue weighted by Gasteiger charge is -2.28. The third-order valence-electron chi connectivity index (χ3n) is 6.39. The van der Waals surface area contributed by atoms with Crippen LogP contribution < -0.4 is 9.47 Å². The molecule has 1 N–H and O–H groups in total. The monoisotopic (exact) mass is 480 g/mol. The summed E-state index contributed by atoms with van der Waals surface area (Å²) < 4.78 is 15.5. The van der Waals surface area contributed by atoms with Crippen molar-refractivity contribution in [1.29, 1.82) is 0 Å². The Morgan fingerprint density at radius 3 is 2.37 bits per heavy atom. The highest BCUT2D eigenvalue weighted by molar-refractivity contribution is 6.46. The number of Topliss-reactive ketones (excluding diaryl/α,β-unsaturated/α-hetero) is 1. The number of hydrogen-bond donors (Lipinski definition) is 1. The number of likely N-dealkylation sites (N-methyl/N-ethyl adjacent to an activating group) is 1. The number of carbonyl (C=O) groups is 3. The molecule has 2 aliphatic heterocycles. The predicted molar refractivity (Wildman–Crippen MR) is 127 cm³/mol. The van der Waals surface area contributed by atoms with Gasteiger partial charge < -0.3 is 29.1 Å². The average Bonchev–Trinajstić information content (AvgIpc) is 3.46. The van der Waals surface area contributed by atoms with E-state index in [-0.39, 0.29) is 18.1 Å². The molecule has 1 fully saturated rings. The van der Waals surface area contributed by atoms with Gasteiger partial charge in [0.15, 0.2) is 11.5 Å². The molecular weight excluding hydrogens is 452 g/mol. The van der Waals surface area contributed by atoms with E-state index in [2.05, 4.69) is 4.90 Å². The van der Waals surface area contributed by atoms with Crippen molar-refractivity contribution in [2.24, 2.45) is 0 Å². The first kappa shape index (κ1) is 24.3. The Bertz CT molecular complexity index is 1170. The van der Waals surface area contributed by atoms with E-state index < -0.39 is 23.7 Å². The zero-order chi connectivity index (χ0) is 25.1. The summed E-state index contributed by atoms with van der Waals surface area (Å²) in [5, 5.41) is 11.2. The first-order valence-corrected chi connectivity index (χ1v) is 11.5. The van der Waals surface area contributed by atoms with Crippen molar-refractivity contribution in [3.05, 3.63) is 64.7 Å². The van der Waals surface area contributed by atoms with Gasteiger partial charge >= 0.3 is 5.97 Å². The number of benzene rings is 2. The van der Waals surface area contributed by atoms with Gasteiger partial charge in [-0.15, -0.1) is 0 Å². The van der Waals surface area contributed by atoms with Crippen LogP contribution in [0.3, 0.4) is 0 Å². The number of carbonyl (C=O) groups excluding carboxylic acids is 3. The molecule has 2 aromatic rings. The number of nitrogens with zero attached hydrogens (tertiary/aromatic N) is 2. The van der Waals surface area contributed by atoms with Gasteiger partial charge in [-0.1, -0.05) is 26.0 Å². The van der Waals surface area contributed by atoms with E-state index in [0.717, 1.165) is 13.1 Å². The van der Waals surface area contributed by atoms with E-state index in [9.17, 15) is 19.5 Å². The predicted octanol–water partition coefficient (Wildman–Crippen LogP) is 2.97. The highest BCUT2D eigenvalue weighted by Crippen LogP contribution is 2.41. The van der Waals surface area contributed by atoms with E-state index >= 15 is 0 Å². The molecule has 4 rings (SSSR count). The van der Waals surface area contributed by atoms with Crippen molar-refractivity contribution in [3.63, 3.8) is 0 Å². The molecule has 0 bridgehead atoms. The summed E-state index contributed by atoms with van der Waals surface area (Å²) in [6.45, 7) is 6.60. The summed E-state index contributed by atoms with van der Waals surface area (Å²) in [5.41, 5.74) is 1.26. The lowest BCUT2D eigenvalue weighted by atomic mass is 9.94. The molecule has 1 amide bonds. The smallest absolute Gasteiger partial charge is 0.337 e. The van der Waals surface area contributed by atoms with Crippen molar-refractivity contribution in [2.45, 2.75) is 19.9 Å². The maximum Gasteiger partial charge on any atom is 0.337 e. The average molecular weight is 481 g/mol. The first-order valence-electron chi connectivity index (χ1n) is 11.5. The molecular formula is C26H28N2O7. The van der Waals surface area contributed by atoms with Gasteiger partial charge in [-0.05, 0) is 49.0 Å². The summed E-state index contributed by atoms with van der Waals surface area (Å²) in [5.74, 6) is -1.25. The quantitative estimate of drug-likeness (QED) is 0.266. The highest BCUT2D eigenvalue weighted by atomic mass is 16.7. The Kier molecular flexibility index (Phi) is 7.07. The summed E-state index contributed by atoms with van der Waals surface area (Å²) in [6, 6.07) is 10.5. The van der Waals surface area contributed by atoms with E-state index in [1.54, 1.807) is 42.5 Å². The Morgan fingerprint density at radius 1 is 1.06 bits per heavy atom. The molecule has 2 aromatic carbocycles. The minimum absolute atomic E-state index is 0.0146. The Hall–Kier alpha value is -3.85. The fraction of sp³-hybridized carbons (Fsp3) is 0.346.